The monoisotopic (exact) mass is 235 g/mol. The third kappa shape index (κ3) is 4.06. The first-order valence-corrected chi connectivity index (χ1v) is 6.86. The molecule has 0 aromatic rings. The van der Waals surface area contributed by atoms with Crippen molar-refractivity contribution >= 4 is 10.2 Å². The Labute approximate surface area is 92.4 Å². The van der Waals surface area contributed by atoms with E-state index < -0.39 is 10.2 Å². The molecular weight excluding hydrogens is 214 g/mol. The molecule has 1 rings (SSSR count). The second-order valence-electron chi connectivity index (χ2n) is 4.40. The summed E-state index contributed by atoms with van der Waals surface area (Å²) in [6.45, 7) is 1.21. The van der Waals surface area contributed by atoms with Crippen LogP contribution in [0.2, 0.25) is 0 Å². The average molecular weight is 235 g/mol. The molecule has 0 atom stereocenters. The Kier molecular flexibility index (Phi) is 4.51. The third-order valence-electron chi connectivity index (χ3n) is 2.83. The fourth-order valence-electron chi connectivity index (χ4n) is 2.01. The van der Waals surface area contributed by atoms with Crippen LogP contribution < -0.4 is 5.14 Å². The number of nitrogens with two attached hydrogens (primary N) is 1. The van der Waals surface area contributed by atoms with E-state index in [1.807, 2.05) is 19.0 Å². The molecule has 0 heterocycles. The summed E-state index contributed by atoms with van der Waals surface area (Å²) in [5.74, 6) is 0. The van der Waals surface area contributed by atoms with Crippen molar-refractivity contribution < 1.29 is 8.42 Å². The topological polar surface area (TPSA) is 66.6 Å². The molecule has 0 saturated heterocycles. The minimum Gasteiger partial charge on any atom is -0.308 e. The van der Waals surface area contributed by atoms with Crippen molar-refractivity contribution in [3.63, 3.8) is 0 Å². The number of hydrogen-bond donors (Lipinski definition) is 1. The first-order valence-electron chi connectivity index (χ1n) is 5.35. The van der Waals surface area contributed by atoms with Crippen LogP contribution in [0.3, 0.4) is 0 Å². The highest BCUT2D eigenvalue weighted by atomic mass is 32.2. The van der Waals surface area contributed by atoms with Gasteiger partial charge in [0.1, 0.15) is 0 Å². The molecule has 1 aliphatic carbocycles. The molecule has 0 unspecified atom stereocenters. The van der Waals surface area contributed by atoms with E-state index in [-0.39, 0.29) is 6.04 Å². The van der Waals surface area contributed by atoms with Crippen LogP contribution in [-0.4, -0.2) is 50.8 Å². The minimum absolute atomic E-state index is 0.125. The lowest BCUT2D eigenvalue weighted by Gasteiger charge is -2.26. The summed E-state index contributed by atoms with van der Waals surface area (Å²) >= 11 is 0. The molecule has 0 radical (unpaired) electrons. The Morgan fingerprint density at radius 3 is 2.13 bits per heavy atom. The van der Waals surface area contributed by atoms with Crippen molar-refractivity contribution in [3.05, 3.63) is 0 Å². The number of nitrogens with zero attached hydrogens (tertiary/aromatic N) is 2. The van der Waals surface area contributed by atoms with Gasteiger partial charge in [0.15, 0.2) is 0 Å². The molecule has 0 amide bonds. The zero-order valence-corrected chi connectivity index (χ0v) is 10.3. The van der Waals surface area contributed by atoms with Crippen LogP contribution in [0.25, 0.3) is 0 Å². The van der Waals surface area contributed by atoms with Gasteiger partial charge in [-0.1, -0.05) is 12.8 Å². The van der Waals surface area contributed by atoms with Crippen LogP contribution in [0.5, 0.6) is 0 Å². The summed E-state index contributed by atoms with van der Waals surface area (Å²) in [5, 5.41) is 5.23. The second-order valence-corrected chi connectivity index (χ2v) is 5.90. The van der Waals surface area contributed by atoms with Gasteiger partial charge in [-0.15, -0.1) is 0 Å². The van der Waals surface area contributed by atoms with Crippen molar-refractivity contribution in [1.29, 1.82) is 0 Å². The Morgan fingerprint density at radius 1 is 1.20 bits per heavy atom. The summed E-state index contributed by atoms with van der Waals surface area (Å²) < 4.78 is 24.3. The van der Waals surface area contributed by atoms with Gasteiger partial charge in [0.2, 0.25) is 0 Å². The van der Waals surface area contributed by atoms with Crippen LogP contribution in [0, 0.1) is 0 Å². The van der Waals surface area contributed by atoms with E-state index in [0.29, 0.717) is 13.1 Å². The predicted molar refractivity (Wildman–Crippen MR) is 60.6 cm³/mol. The molecule has 1 saturated carbocycles. The van der Waals surface area contributed by atoms with Gasteiger partial charge in [-0.3, -0.25) is 0 Å². The Bertz CT molecular complexity index is 284. The maximum Gasteiger partial charge on any atom is 0.277 e. The van der Waals surface area contributed by atoms with Crippen LogP contribution in [-0.2, 0) is 10.2 Å². The minimum atomic E-state index is -3.54. The lowest BCUT2D eigenvalue weighted by atomic mass is 10.2. The molecule has 2 N–H and O–H groups in total. The predicted octanol–water partition coefficient (Wildman–Crippen LogP) is -0.00390. The summed E-state index contributed by atoms with van der Waals surface area (Å²) in [4.78, 5) is 1.97. The lowest BCUT2D eigenvalue weighted by molar-refractivity contribution is 0.282. The van der Waals surface area contributed by atoms with Gasteiger partial charge in [-0.2, -0.15) is 12.7 Å². The summed E-state index contributed by atoms with van der Waals surface area (Å²) in [6.07, 6.45) is 4.12. The number of likely N-dealkylation sites (N-methyl/N-ethyl adjacent to an activating group) is 1. The quantitative estimate of drug-likeness (QED) is 0.729. The van der Waals surface area contributed by atoms with E-state index in [1.54, 1.807) is 0 Å². The molecule has 0 aromatic heterocycles. The van der Waals surface area contributed by atoms with Crippen LogP contribution in [0.15, 0.2) is 0 Å². The normalized spacial score (nSPS) is 19.3. The molecule has 1 fully saturated rings. The number of rotatable bonds is 5. The highest BCUT2D eigenvalue weighted by Gasteiger charge is 2.29. The van der Waals surface area contributed by atoms with Crippen molar-refractivity contribution in [3.8, 4) is 0 Å². The highest BCUT2D eigenvalue weighted by molar-refractivity contribution is 7.86. The fourth-order valence-corrected chi connectivity index (χ4v) is 2.97. The van der Waals surface area contributed by atoms with E-state index in [4.69, 9.17) is 5.14 Å². The van der Waals surface area contributed by atoms with E-state index in [2.05, 4.69) is 0 Å². The molecule has 0 aromatic carbocycles. The van der Waals surface area contributed by atoms with E-state index in [0.717, 1.165) is 25.7 Å². The maximum atomic E-state index is 11.4. The molecule has 0 bridgehead atoms. The molecule has 1 aliphatic rings. The molecule has 0 aliphatic heterocycles. The molecule has 15 heavy (non-hydrogen) atoms. The first kappa shape index (κ1) is 12.9. The van der Waals surface area contributed by atoms with Crippen LogP contribution in [0.1, 0.15) is 25.7 Å². The van der Waals surface area contributed by atoms with Crippen LogP contribution in [0.4, 0.5) is 0 Å². The van der Waals surface area contributed by atoms with Gasteiger partial charge in [0, 0.05) is 19.1 Å². The van der Waals surface area contributed by atoms with Crippen LogP contribution >= 0.6 is 0 Å². The summed E-state index contributed by atoms with van der Waals surface area (Å²) in [6, 6.07) is 0.125. The largest absolute Gasteiger partial charge is 0.308 e. The van der Waals surface area contributed by atoms with E-state index >= 15 is 0 Å². The maximum absolute atomic E-state index is 11.4. The average Bonchev–Trinajstić information content (AvgIpc) is 2.54. The van der Waals surface area contributed by atoms with Gasteiger partial charge < -0.3 is 4.90 Å². The first-order chi connectivity index (χ1) is 6.91. The van der Waals surface area contributed by atoms with Gasteiger partial charge in [-0.05, 0) is 26.9 Å². The van der Waals surface area contributed by atoms with Gasteiger partial charge in [0.05, 0.1) is 0 Å². The summed E-state index contributed by atoms with van der Waals surface area (Å²) in [5.41, 5.74) is 0. The van der Waals surface area contributed by atoms with E-state index in [9.17, 15) is 8.42 Å². The van der Waals surface area contributed by atoms with Gasteiger partial charge >= 0.3 is 0 Å². The molecule has 0 spiro atoms. The zero-order valence-electron chi connectivity index (χ0n) is 9.52. The molecular formula is C9H21N3O2S. The lowest BCUT2D eigenvalue weighted by Crippen LogP contribution is -2.45. The van der Waals surface area contributed by atoms with Gasteiger partial charge in [0.25, 0.3) is 10.2 Å². The molecule has 5 nitrogen and oxygen atoms in total. The Hall–Kier alpha value is -0.170. The van der Waals surface area contributed by atoms with Crippen molar-refractivity contribution in [2.75, 3.05) is 27.2 Å². The van der Waals surface area contributed by atoms with Crippen molar-refractivity contribution in [1.82, 2.24) is 9.21 Å². The molecule has 90 valence electrons. The Morgan fingerprint density at radius 2 is 1.73 bits per heavy atom. The molecule has 6 heteroatoms. The van der Waals surface area contributed by atoms with E-state index in [1.165, 1.54) is 4.31 Å². The third-order valence-corrected chi connectivity index (χ3v) is 3.96. The smallest absolute Gasteiger partial charge is 0.277 e. The second kappa shape index (κ2) is 5.25. The van der Waals surface area contributed by atoms with Crippen molar-refractivity contribution in [2.45, 2.75) is 31.7 Å². The highest BCUT2D eigenvalue weighted by Crippen LogP contribution is 2.24. The van der Waals surface area contributed by atoms with Gasteiger partial charge in [-0.25, -0.2) is 5.14 Å². The van der Waals surface area contributed by atoms with Crippen molar-refractivity contribution in [2.24, 2.45) is 5.14 Å². The summed E-state index contributed by atoms with van der Waals surface area (Å²) in [7, 11) is 0.316. The fraction of sp³-hybridized carbons (Fsp3) is 1.00. The number of hydrogen-bond acceptors (Lipinski definition) is 3. The SMILES string of the molecule is CN(C)CCN(C1CCCC1)S(N)(=O)=O. The standard InChI is InChI=1S/C9H21N3O2S/c1-11(2)7-8-12(15(10,13)14)9-5-3-4-6-9/h9H,3-8H2,1-2H3,(H2,10,13,14). The zero-order chi connectivity index (χ0) is 11.5. The Balaban J connectivity index is 2.61.